The van der Waals surface area contributed by atoms with Gasteiger partial charge in [-0.15, -0.1) is 0 Å². The van der Waals surface area contributed by atoms with Crippen LogP contribution >= 0.6 is 0 Å². The Bertz CT molecular complexity index is 842. The number of carbonyl (C=O) groups is 1. The van der Waals surface area contributed by atoms with E-state index in [1.54, 1.807) is 24.3 Å². The summed E-state index contributed by atoms with van der Waals surface area (Å²) in [7, 11) is 0. The monoisotopic (exact) mass is 351 g/mol. The van der Waals surface area contributed by atoms with Gasteiger partial charge in [-0.2, -0.15) is 0 Å². The Labute approximate surface area is 151 Å². The van der Waals surface area contributed by atoms with Crippen molar-refractivity contribution in [2.75, 3.05) is 13.1 Å². The maximum atomic E-state index is 13.0. The Morgan fingerprint density at radius 1 is 1.08 bits per heavy atom. The first-order valence-electron chi connectivity index (χ1n) is 8.77. The predicted octanol–water partition coefficient (Wildman–Crippen LogP) is 3.47. The minimum absolute atomic E-state index is 0.202. The van der Waals surface area contributed by atoms with Crippen molar-refractivity contribution in [1.82, 2.24) is 4.90 Å². The maximum Gasteiger partial charge on any atom is 0.205 e. The number of Topliss-reactive ketones (excluding diaryl/α,β-unsaturated/α-hetero) is 1. The molecule has 1 aliphatic heterocycles. The lowest BCUT2D eigenvalue weighted by Crippen LogP contribution is -2.52. The largest absolute Gasteiger partial charge is 0.466 e. The zero-order valence-corrected chi connectivity index (χ0v) is 14.4. The van der Waals surface area contributed by atoms with Gasteiger partial charge >= 0.3 is 0 Å². The molecule has 4 rings (SSSR count). The van der Waals surface area contributed by atoms with Crippen LogP contribution in [0.3, 0.4) is 0 Å². The molecule has 3 heterocycles. The standard InChI is InChI=1S/C21H21NO4/c23-20(18-8-4-12-25-18)17-15-22(14-16-6-2-1-3-7-16)11-10-21(17,24)19-9-5-13-26-19/h1-9,12-13,17,24H,10-11,14-15H2/t17-,21+/m0/s1. The second kappa shape index (κ2) is 6.94. The molecule has 0 radical (unpaired) electrons. The van der Waals surface area contributed by atoms with E-state index in [-0.39, 0.29) is 11.5 Å². The smallest absolute Gasteiger partial charge is 0.205 e. The summed E-state index contributed by atoms with van der Waals surface area (Å²) >= 11 is 0. The molecular formula is C21H21NO4. The lowest BCUT2D eigenvalue weighted by atomic mass is 9.76. The molecule has 5 heteroatoms. The summed E-state index contributed by atoms with van der Waals surface area (Å²) in [4.78, 5) is 15.2. The summed E-state index contributed by atoms with van der Waals surface area (Å²) in [6.45, 7) is 1.84. The number of nitrogens with zero attached hydrogens (tertiary/aromatic N) is 1. The molecule has 1 saturated heterocycles. The van der Waals surface area contributed by atoms with Gasteiger partial charge in [0.2, 0.25) is 5.78 Å². The first-order valence-corrected chi connectivity index (χ1v) is 8.77. The summed E-state index contributed by atoms with van der Waals surface area (Å²) in [5.74, 6) is -0.160. The Morgan fingerprint density at radius 2 is 1.85 bits per heavy atom. The van der Waals surface area contributed by atoms with Gasteiger partial charge in [-0.25, -0.2) is 0 Å². The Morgan fingerprint density at radius 3 is 2.54 bits per heavy atom. The van der Waals surface area contributed by atoms with Gasteiger partial charge in [0.05, 0.1) is 18.4 Å². The number of furan rings is 2. The highest BCUT2D eigenvalue weighted by atomic mass is 16.4. The average molecular weight is 351 g/mol. The van der Waals surface area contributed by atoms with Gasteiger partial charge in [0, 0.05) is 19.6 Å². The lowest BCUT2D eigenvalue weighted by molar-refractivity contribution is -0.0799. The topological polar surface area (TPSA) is 66.8 Å². The lowest BCUT2D eigenvalue weighted by Gasteiger charge is -2.42. The van der Waals surface area contributed by atoms with E-state index in [1.807, 2.05) is 18.2 Å². The number of ketones is 1. The summed E-state index contributed by atoms with van der Waals surface area (Å²) in [5.41, 5.74) is -0.152. The fraction of sp³-hybridized carbons (Fsp3) is 0.286. The molecule has 26 heavy (non-hydrogen) atoms. The number of hydrogen-bond acceptors (Lipinski definition) is 5. The third kappa shape index (κ3) is 3.11. The Balaban J connectivity index is 1.62. The summed E-state index contributed by atoms with van der Waals surface area (Å²) in [6, 6.07) is 16.9. The Hall–Kier alpha value is -2.63. The van der Waals surface area contributed by atoms with Crippen molar-refractivity contribution in [3.63, 3.8) is 0 Å². The van der Waals surface area contributed by atoms with E-state index in [0.29, 0.717) is 25.3 Å². The highest BCUT2D eigenvalue weighted by Crippen LogP contribution is 2.40. The van der Waals surface area contributed by atoms with Gasteiger partial charge in [-0.1, -0.05) is 30.3 Å². The van der Waals surface area contributed by atoms with Crippen LogP contribution in [0.2, 0.25) is 0 Å². The molecule has 0 unspecified atom stereocenters. The third-order valence-corrected chi connectivity index (χ3v) is 5.10. The van der Waals surface area contributed by atoms with Crippen LogP contribution in [0.15, 0.2) is 76.0 Å². The van der Waals surface area contributed by atoms with Gasteiger partial charge in [0.25, 0.3) is 0 Å². The molecule has 1 N–H and O–H groups in total. The van der Waals surface area contributed by atoms with Crippen LogP contribution in [0.5, 0.6) is 0 Å². The second-order valence-corrected chi connectivity index (χ2v) is 6.77. The highest BCUT2D eigenvalue weighted by Gasteiger charge is 2.49. The van der Waals surface area contributed by atoms with Crippen molar-refractivity contribution in [3.8, 4) is 0 Å². The zero-order valence-electron chi connectivity index (χ0n) is 14.4. The molecule has 0 bridgehead atoms. The molecule has 0 aliphatic carbocycles. The van der Waals surface area contributed by atoms with Crippen molar-refractivity contribution < 1.29 is 18.7 Å². The molecule has 1 fully saturated rings. The summed E-state index contributed by atoms with van der Waals surface area (Å²) < 4.78 is 10.8. The molecule has 3 aromatic rings. The van der Waals surface area contributed by atoms with Gasteiger partial charge in [0.15, 0.2) is 5.76 Å². The number of aliphatic hydroxyl groups is 1. The first-order chi connectivity index (χ1) is 12.7. The molecule has 2 atom stereocenters. The SMILES string of the molecule is O=C(c1ccco1)[C@@H]1CN(Cc2ccccc2)CC[C@]1(O)c1ccco1. The van der Waals surface area contributed by atoms with Crippen LogP contribution in [0.25, 0.3) is 0 Å². The summed E-state index contributed by atoms with van der Waals surface area (Å²) in [5, 5.41) is 11.4. The fourth-order valence-electron chi connectivity index (χ4n) is 3.70. The van der Waals surface area contributed by atoms with E-state index >= 15 is 0 Å². The molecule has 1 aromatic carbocycles. The molecule has 0 amide bonds. The van der Waals surface area contributed by atoms with Crippen molar-refractivity contribution in [1.29, 1.82) is 0 Å². The molecule has 0 spiro atoms. The van der Waals surface area contributed by atoms with Crippen molar-refractivity contribution >= 4 is 5.78 Å². The molecular weight excluding hydrogens is 330 g/mol. The van der Waals surface area contributed by atoms with Crippen LogP contribution in [0, 0.1) is 5.92 Å². The van der Waals surface area contributed by atoms with E-state index in [4.69, 9.17) is 8.83 Å². The average Bonchev–Trinajstić information content (AvgIpc) is 3.38. The van der Waals surface area contributed by atoms with Crippen LogP contribution in [0.4, 0.5) is 0 Å². The normalized spacial score (nSPS) is 23.8. The minimum atomic E-state index is -1.33. The number of likely N-dealkylation sites (tertiary alicyclic amines) is 1. The van der Waals surface area contributed by atoms with E-state index in [9.17, 15) is 9.90 Å². The van der Waals surface area contributed by atoms with E-state index in [1.165, 1.54) is 18.1 Å². The number of rotatable bonds is 5. The number of benzene rings is 1. The van der Waals surface area contributed by atoms with Crippen molar-refractivity contribution in [2.24, 2.45) is 5.92 Å². The molecule has 1 aliphatic rings. The Kier molecular flexibility index (Phi) is 4.49. The highest BCUT2D eigenvalue weighted by molar-refractivity contribution is 5.96. The van der Waals surface area contributed by atoms with Crippen molar-refractivity contribution in [3.05, 3.63) is 84.2 Å². The van der Waals surface area contributed by atoms with Gasteiger partial charge in [0.1, 0.15) is 11.4 Å². The zero-order chi connectivity index (χ0) is 18.0. The van der Waals surface area contributed by atoms with Crippen LogP contribution in [0.1, 0.15) is 28.3 Å². The first kappa shape index (κ1) is 16.8. The molecule has 2 aromatic heterocycles. The maximum absolute atomic E-state index is 13.0. The molecule has 134 valence electrons. The number of piperidine rings is 1. The fourth-order valence-corrected chi connectivity index (χ4v) is 3.70. The van der Waals surface area contributed by atoms with Crippen LogP contribution < -0.4 is 0 Å². The van der Waals surface area contributed by atoms with Gasteiger partial charge < -0.3 is 13.9 Å². The second-order valence-electron chi connectivity index (χ2n) is 6.77. The van der Waals surface area contributed by atoms with Gasteiger partial charge in [-0.3, -0.25) is 9.69 Å². The third-order valence-electron chi connectivity index (χ3n) is 5.10. The van der Waals surface area contributed by atoms with E-state index in [0.717, 1.165) is 6.54 Å². The van der Waals surface area contributed by atoms with Crippen molar-refractivity contribution in [2.45, 2.75) is 18.6 Å². The number of carbonyl (C=O) groups excluding carboxylic acids is 1. The van der Waals surface area contributed by atoms with Gasteiger partial charge in [-0.05, 0) is 36.2 Å². The quantitative estimate of drug-likeness (QED) is 0.713. The molecule has 0 saturated carbocycles. The number of hydrogen-bond donors (Lipinski definition) is 1. The molecule has 5 nitrogen and oxygen atoms in total. The minimum Gasteiger partial charge on any atom is -0.466 e. The predicted molar refractivity (Wildman–Crippen MR) is 95.5 cm³/mol. The van der Waals surface area contributed by atoms with Crippen LogP contribution in [-0.2, 0) is 12.1 Å². The van der Waals surface area contributed by atoms with E-state index in [2.05, 4.69) is 17.0 Å². The summed E-state index contributed by atoms with van der Waals surface area (Å²) in [6.07, 6.45) is 3.42. The van der Waals surface area contributed by atoms with Crippen LogP contribution in [-0.4, -0.2) is 28.9 Å². The van der Waals surface area contributed by atoms with E-state index < -0.39 is 11.5 Å².